The van der Waals surface area contributed by atoms with Crippen LogP contribution in [-0.2, 0) is 22.6 Å². The van der Waals surface area contributed by atoms with Crippen molar-refractivity contribution in [3.8, 4) is 0 Å². The van der Waals surface area contributed by atoms with E-state index in [1.807, 2.05) is 35.0 Å². The van der Waals surface area contributed by atoms with Crippen molar-refractivity contribution in [3.63, 3.8) is 0 Å². The number of aryl methyl sites for hydroxylation is 1. The number of fused-ring (bicyclic) bond motifs is 1. The van der Waals surface area contributed by atoms with E-state index in [0.29, 0.717) is 18.3 Å². The fourth-order valence-electron chi connectivity index (χ4n) is 3.31. The van der Waals surface area contributed by atoms with Gasteiger partial charge in [0.15, 0.2) is 5.82 Å². The number of rotatable bonds is 8. The molecule has 4 rings (SSSR count). The van der Waals surface area contributed by atoms with Gasteiger partial charge in [0.25, 0.3) is 0 Å². The fraction of sp³-hybridized carbons (Fsp3) is 0.474. The Kier molecular flexibility index (Phi) is 5.55. The van der Waals surface area contributed by atoms with E-state index in [1.165, 1.54) is 0 Å². The predicted octanol–water partition coefficient (Wildman–Crippen LogP) is 2.37. The van der Waals surface area contributed by atoms with Gasteiger partial charge in [0.05, 0.1) is 17.8 Å². The largest absolute Gasteiger partial charge is 0.381 e. The molecule has 27 heavy (non-hydrogen) atoms. The highest BCUT2D eigenvalue weighted by molar-refractivity contribution is 5.73. The number of aromatic nitrogens is 5. The van der Waals surface area contributed by atoms with Crippen LogP contribution >= 0.6 is 0 Å². The Morgan fingerprint density at radius 1 is 1.30 bits per heavy atom. The maximum absolute atomic E-state index is 5.50. The second kappa shape index (κ2) is 8.41. The average Bonchev–Trinajstić information content (AvgIpc) is 3.36. The van der Waals surface area contributed by atoms with Crippen LogP contribution in [0.3, 0.4) is 0 Å². The number of methoxy groups -OCH3 is 1. The van der Waals surface area contributed by atoms with Crippen molar-refractivity contribution in [1.82, 2.24) is 25.0 Å². The zero-order valence-electron chi connectivity index (χ0n) is 15.5. The lowest BCUT2D eigenvalue weighted by Gasteiger charge is -2.13. The van der Waals surface area contributed by atoms with Crippen LogP contribution in [0.4, 0.5) is 5.82 Å². The molecule has 2 aromatic heterocycles. The molecular weight excluding hydrogens is 344 g/mol. The Balaban J connectivity index is 1.38. The third-order valence-electron chi connectivity index (χ3n) is 4.69. The zero-order chi connectivity index (χ0) is 18.5. The normalized spacial score (nSPS) is 16.9. The summed E-state index contributed by atoms with van der Waals surface area (Å²) in [6.07, 6.45) is 1.92. The van der Waals surface area contributed by atoms with Crippen LogP contribution in [0.5, 0.6) is 0 Å². The van der Waals surface area contributed by atoms with Gasteiger partial charge in [-0.2, -0.15) is 0 Å². The molecule has 0 bridgehead atoms. The number of para-hydroxylation sites is 1. The Morgan fingerprint density at radius 3 is 3.07 bits per heavy atom. The fourth-order valence-corrected chi connectivity index (χ4v) is 3.31. The summed E-state index contributed by atoms with van der Waals surface area (Å²) >= 11 is 0. The van der Waals surface area contributed by atoms with Crippen LogP contribution < -0.4 is 5.32 Å². The number of anilines is 1. The first-order valence-corrected chi connectivity index (χ1v) is 9.30. The molecule has 8 heteroatoms. The third-order valence-corrected chi connectivity index (χ3v) is 4.69. The molecule has 0 radical (unpaired) electrons. The first-order valence-electron chi connectivity index (χ1n) is 9.30. The zero-order valence-corrected chi connectivity index (χ0v) is 15.5. The van der Waals surface area contributed by atoms with Gasteiger partial charge in [-0.25, -0.2) is 14.6 Å². The predicted molar refractivity (Wildman–Crippen MR) is 102 cm³/mol. The smallest absolute Gasteiger partial charge is 0.156 e. The number of hydrogen-bond donors (Lipinski definition) is 1. The Bertz CT molecular complexity index is 891. The highest BCUT2D eigenvalue weighted by atomic mass is 16.5. The van der Waals surface area contributed by atoms with E-state index in [-0.39, 0.29) is 0 Å². The molecule has 1 aromatic carbocycles. The van der Waals surface area contributed by atoms with E-state index >= 15 is 0 Å². The molecule has 1 atom stereocenters. The minimum atomic E-state index is 0.339. The molecule has 0 unspecified atom stereocenters. The van der Waals surface area contributed by atoms with Crippen molar-refractivity contribution < 1.29 is 9.47 Å². The standard InChI is InChI=1S/C19H24N6O2/c1-26-13-19-21-16(14-7-10-27-12-14)11-18(22-19)20-8-4-9-25-17-6-3-2-5-15(17)23-24-25/h2-3,5-6,11,14H,4,7-10,12-13H2,1H3,(H,20,21,22)/t14-/m1/s1. The van der Waals surface area contributed by atoms with E-state index in [1.54, 1.807) is 7.11 Å². The SMILES string of the molecule is COCc1nc(NCCCn2nnc3ccccc32)cc([C@@H]2CCOC2)n1. The first kappa shape index (κ1) is 17.8. The van der Waals surface area contributed by atoms with Gasteiger partial charge in [0, 0.05) is 38.8 Å². The van der Waals surface area contributed by atoms with Crippen LogP contribution in [0.2, 0.25) is 0 Å². The lowest BCUT2D eigenvalue weighted by atomic mass is 10.0. The summed E-state index contributed by atoms with van der Waals surface area (Å²) in [6.45, 7) is 3.51. The molecule has 0 saturated carbocycles. The van der Waals surface area contributed by atoms with E-state index in [9.17, 15) is 0 Å². The van der Waals surface area contributed by atoms with Gasteiger partial charge in [-0.15, -0.1) is 5.10 Å². The topological polar surface area (TPSA) is 87.0 Å². The van der Waals surface area contributed by atoms with E-state index in [4.69, 9.17) is 9.47 Å². The number of ether oxygens (including phenoxy) is 2. The molecule has 1 fully saturated rings. The van der Waals surface area contributed by atoms with Crippen molar-refractivity contribution in [3.05, 3.63) is 41.9 Å². The summed E-state index contributed by atoms with van der Waals surface area (Å²) in [6, 6.07) is 10.0. The molecule has 0 aliphatic carbocycles. The highest BCUT2D eigenvalue weighted by Crippen LogP contribution is 2.25. The molecule has 0 amide bonds. The van der Waals surface area contributed by atoms with Crippen LogP contribution in [0.15, 0.2) is 30.3 Å². The van der Waals surface area contributed by atoms with E-state index in [2.05, 4.69) is 25.6 Å². The Morgan fingerprint density at radius 2 is 2.22 bits per heavy atom. The lowest BCUT2D eigenvalue weighted by molar-refractivity contribution is 0.177. The maximum Gasteiger partial charge on any atom is 0.156 e. The van der Waals surface area contributed by atoms with Crippen molar-refractivity contribution in [2.45, 2.75) is 31.9 Å². The number of hydrogen-bond acceptors (Lipinski definition) is 7. The Hall–Kier alpha value is -2.58. The van der Waals surface area contributed by atoms with Gasteiger partial charge in [0.1, 0.15) is 17.9 Å². The van der Waals surface area contributed by atoms with Crippen LogP contribution in [0.25, 0.3) is 11.0 Å². The second-order valence-electron chi connectivity index (χ2n) is 6.67. The van der Waals surface area contributed by atoms with Crippen molar-refractivity contribution in [2.75, 3.05) is 32.2 Å². The van der Waals surface area contributed by atoms with Crippen molar-refractivity contribution in [2.24, 2.45) is 0 Å². The van der Waals surface area contributed by atoms with Crippen LogP contribution in [0.1, 0.15) is 30.3 Å². The van der Waals surface area contributed by atoms with Gasteiger partial charge in [-0.1, -0.05) is 17.3 Å². The lowest BCUT2D eigenvalue weighted by Crippen LogP contribution is -2.12. The summed E-state index contributed by atoms with van der Waals surface area (Å²) < 4.78 is 12.7. The molecule has 1 saturated heterocycles. The van der Waals surface area contributed by atoms with Gasteiger partial charge >= 0.3 is 0 Å². The molecule has 0 spiro atoms. The highest BCUT2D eigenvalue weighted by Gasteiger charge is 2.20. The molecule has 1 N–H and O–H groups in total. The quantitative estimate of drug-likeness (QED) is 0.611. The van der Waals surface area contributed by atoms with Crippen molar-refractivity contribution >= 4 is 16.9 Å². The maximum atomic E-state index is 5.50. The van der Waals surface area contributed by atoms with Gasteiger partial charge in [-0.3, -0.25) is 0 Å². The molecule has 1 aliphatic rings. The molecule has 3 heterocycles. The van der Waals surface area contributed by atoms with E-state index in [0.717, 1.165) is 61.7 Å². The van der Waals surface area contributed by atoms with Crippen molar-refractivity contribution in [1.29, 1.82) is 0 Å². The summed E-state index contributed by atoms with van der Waals surface area (Å²) in [5.74, 6) is 1.87. The van der Waals surface area contributed by atoms with Crippen LogP contribution in [-0.4, -0.2) is 51.8 Å². The monoisotopic (exact) mass is 368 g/mol. The third kappa shape index (κ3) is 4.23. The summed E-state index contributed by atoms with van der Waals surface area (Å²) in [7, 11) is 1.66. The Labute approximate surface area is 157 Å². The molecule has 3 aromatic rings. The number of nitrogens with zero attached hydrogens (tertiary/aromatic N) is 5. The minimum Gasteiger partial charge on any atom is -0.381 e. The molecule has 142 valence electrons. The summed E-state index contributed by atoms with van der Waals surface area (Å²) in [5.41, 5.74) is 3.01. The van der Waals surface area contributed by atoms with Gasteiger partial charge in [0.2, 0.25) is 0 Å². The van der Waals surface area contributed by atoms with E-state index < -0.39 is 0 Å². The molecule has 8 nitrogen and oxygen atoms in total. The minimum absolute atomic E-state index is 0.339. The first-order chi connectivity index (χ1) is 13.3. The van der Waals surface area contributed by atoms with Gasteiger partial charge < -0.3 is 14.8 Å². The molecule has 1 aliphatic heterocycles. The summed E-state index contributed by atoms with van der Waals surface area (Å²) in [5, 5.41) is 11.8. The van der Waals surface area contributed by atoms with Gasteiger partial charge in [-0.05, 0) is 25.0 Å². The second-order valence-corrected chi connectivity index (χ2v) is 6.67. The molecular formula is C19H24N6O2. The average molecular weight is 368 g/mol. The number of nitrogens with one attached hydrogen (secondary N) is 1. The van der Waals surface area contributed by atoms with Crippen LogP contribution in [0, 0.1) is 0 Å². The number of benzene rings is 1. The summed E-state index contributed by atoms with van der Waals surface area (Å²) in [4.78, 5) is 9.19.